The van der Waals surface area contributed by atoms with Crippen molar-refractivity contribution in [3.8, 4) is 0 Å². The average Bonchev–Trinajstić information content (AvgIpc) is 3.33. The van der Waals surface area contributed by atoms with Crippen LogP contribution in [0.15, 0.2) is 40.1 Å². The molecule has 0 fully saturated rings. The summed E-state index contributed by atoms with van der Waals surface area (Å²) in [6.45, 7) is 111. The molecule has 3 aromatic rings. The van der Waals surface area contributed by atoms with Gasteiger partial charge >= 0.3 is 0 Å². The zero-order valence-electron chi connectivity index (χ0n) is 58.3. The molecule has 13 heteroatoms. The van der Waals surface area contributed by atoms with E-state index in [1.807, 2.05) is 83.0 Å². The monoisotopic (exact) mass is 1240 g/mol. The Labute approximate surface area is 488 Å². The van der Waals surface area contributed by atoms with Gasteiger partial charge in [0.15, 0.2) is 8.07 Å². The van der Waals surface area contributed by atoms with Gasteiger partial charge in [0.05, 0.1) is 96.9 Å². The van der Waals surface area contributed by atoms with Crippen LogP contribution in [-0.2, 0) is 0 Å². The van der Waals surface area contributed by atoms with Crippen molar-refractivity contribution in [2.24, 2.45) is 5.92 Å². The fourth-order valence-electron chi connectivity index (χ4n) is 14.1. The summed E-state index contributed by atoms with van der Waals surface area (Å²) >= 11 is 0. The van der Waals surface area contributed by atoms with Gasteiger partial charge in [-0.15, -0.1) is 0 Å². The van der Waals surface area contributed by atoms with E-state index in [1.165, 1.54) is 0 Å². The molecule has 0 bridgehead atoms. The minimum atomic E-state index is -3.54. The largest absolute Gasteiger partial charge is 0.175 e. The lowest BCUT2D eigenvalue weighted by molar-refractivity contribution is 0.852. The molecule has 0 aromatic heterocycles. The summed E-state index contributed by atoms with van der Waals surface area (Å²) in [5.74, 6) is 0.356. The molecule has 0 N–H and O–H groups in total. The molecule has 1 aliphatic carbocycles. The van der Waals surface area contributed by atoms with Crippen LogP contribution in [-0.4, -0.2) is 105 Å². The molecule has 0 heterocycles. The average molecular weight is 1250 g/mol. The summed E-state index contributed by atoms with van der Waals surface area (Å²) in [5, 5.41) is 30.8. The molecule has 0 amide bonds. The number of benzene rings is 3. The summed E-state index contributed by atoms with van der Waals surface area (Å²) in [5.41, 5.74) is 4.94. The van der Waals surface area contributed by atoms with Crippen LogP contribution in [0.1, 0.15) is 27.7 Å². The third-order valence-corrected chi connectivity index (χ3v) is 50.0. The van der Waals surface area contributed by atoms with E-state index in [1.54, 1.807) is 16.7 Å². The van der Waals surface area contributed by atoms with Gasteiger partial charge in [0.2, 0.25) is 0 Å². The van der Waals surface area contributed by atoms with Gasteiger partial charge in [0.25, 0.3) is 0 Å². The quantitative estimate of drug-likeness (QED) is 0.0991. The Morgan fingerprint density at radius 3 is 0.526 bits per heavy atom. The van der Waals surface area contributed by atoms with Crippen LogP contribution in [0.3, 0.4) is 0 Å². The fraction of sp³-hybridized carbons (Fsp3) is 0.651. The second kappa shape index (κ2) is 20.6. The third kappa shape index (κ3) is 12.7. The highest BCUT2D eigenvalue weighted by Gasteiger charge is 2.60. The summed E-state index contributed by atoms with van der Waals surface area (Å²) in [4.78, 5) is 0. The predicted octanol–water partition coefficient (Wildman–Crippen LogP) is 11.5. The Balaban J connectivity index is 3.28. The molecule has 0 spiro atoms. The van der Waals surface area contributed by atoms with Crippen molar-refractivity contribution >= 4 is 183 Å². The molecular weight excluding hydrogens is 1120 g/mol. The molecule has 428 valence electrons. The molecule has 1 unspecified atom stereocenters. The Bertz CT molecular complexity index is 2560. The number of rotatable bonds is 16. The highest BCUT2D eigenvalue weighted by molar-refractivity contribution is 7.29. The second-order valence-corrected chi connectivity index (χ2v) is 101. The Kier molecular flexibility index (Phi) is 18.6. The Morgan fingerprint density at radius 2 is 0.395 bits per heavy atom. The summed E-state index contributed by atoms with van der Waals surface area (Å²) in [7, 11) is -28.6. The van der Waals surface area contributed by atoms with E-state index < -0.39 is 105 Å². The van der Waals surface area contributed by atoms with Gasteiger partial charge in [-0.05, 0) is 47.8 Å². The molecule has 0 aliphatic heterocycles. The second-order valence-electron chi connectivity index (χ2n) is 37.1. The molecule has 76 heavy (non-hydrogen) atoms. The first-order valence-electron chi connectivity index (χ1n) is 30.1. The van der Waals surface area contributed by atoms with E-state index in [4.69, 9.17) is 0 Å². The summed E-state index contributed by atoms with van der Waals surface area (Å²) < 4.78 is 0. The van der Waals surface area contributed by atoms with Crippen LogP contribution in [0, 0.1) is 5.92 Å². The summed E-state index contributed by atoms with van der Waals surface area (Å²) in [6.07, 6.45) is 0. The van der Waals surface area contributed by atoms with E-state index in [9.17, 15) is 0 Å². The Morgan fingerprint density at radius 1 is 0.224 bits per heavy atom. The van der Waals surface area contributed by atoms with Gasteiger partial charge < -0.3 is 0 Å². The topological polar surface area (TPSA) is 0 Å². The summed E-state index contributed by atoms with van der Waals surface area (Å²) in [6, 6.07) is 9.27. The molecule has 0 saturated heterocycles. The van der Waals surface area contributed by atoms with Crippen LogP contribution >= 0.6 is 0 Å². The Hall–Kier alpha value is -0.0405. The van der Waals surface area contributed by atoms with Crippen LogP contribution < -0.4 is 77.8 Å². The van der Waals surface area contributed by atoms with Crippen molar-refractivity contribution in [2.75, 3.05) is 0 Å². The normalized spacial score (nSPS) is 17.0. The van der Waals surface area contributed by atoms with Gasteiger partial charge in [-0.3, -0.25) is 0 Å². The van der Waals surface area contributed by atoms with Gasteiger partial charge in [0.1, 0.15) is 0 Å². The van der Waals surface area contributed by atoms with Crippen LogP contribution in [0.5, 0.6) is 0 Å². The smallest absolute Gasteiger partial charge is 0.0656 e. The lowest BCUT2D eigenvalue weighted by Gasteiger charge is -2.54. The number of allylic oxidation sites excluding steroid dienone is 4. The molecule has 1 aliphatic rings. The molecular formula is C63H124Si13. The van der Waals surface area contributed by atoms with Gasteiger partial charge in [0, 0.05) is 0 Å². The van der Waals surface area contributed by atoms with E-state index in [0.717, 1.165) is 0 Å². The maximum absolute atomic E-state index is 3.54. The maximum atomic E-state index is 3.09. The molecule has 0 radical (unpaired) electrons. The third-order valence-electron chi connectivity index (χ3n) is 17.5. The lowest BCUT2D eigenvalue weighted by Crippen LogP contribution is -2.94. The highest BCUT2D eigenvalue weighted by atomic mass is 28.4. The molecule has 4 rings (SSSR count). The first kappa shape index (κ1) is 68.5. The zero-order valence-corrected chi connectivity index (χ0v) is 71.3. The van der Waals surface area contributed by atoms with Crippen LogP contribution in [0.2, 0.25) is 236 Å². The first-order chi connectivity index (χ1) is 33.0. The SMILES string of the molecule is CC1=C(C)C(C)C([Si](c2c([Si](C)(C)C)cc([Si](C)(C)C)c([Si](C)(C)C)c2[Si](C)(C)C)(c2c([Si](C)(C)C)cc([Si](C)(C)C)c([Si](C)(C)C)c2[Si](C)(C)C)c2c([Si](C)(C)C)cc([Si](C)(C)C)c([Si](C)(C)C)c2[Si](C)(C)C)=C1C. The van der Waals surface area contributed by atoms with Crippen molar-refractivity contribution in [3.05, 3.63) is 40.1 Å². The maximum Gasteiger partial charge on any atom is 0.175 e. The standard InChI is InChI=1S/C63H124Si13/c1-44-45(2)47(4)54(46(44)3)76(58-51(67(14,15)16)41-48(64(5,6)7)55(70(23,24)25)61(58)73(32,33)34,59-52(68(17,18)19)42-49(65(8,9)10)56(71(26,27)28)62(59)74(35,36)37)60-53(69(20,21)22)43-50(66(11,12)13)57(72(29,30)31)63(60)75(38,39)40/h41-43,46H,1-40H3. The molecule has 3 aromatic carbocycles. The van der Waals surface area contributed by atoms with E-state index in [2.05, 4.69) is 282 Å². The van der Waals surface area contributed by atoms with Crippen molar-refractivity contribution in [2.45, 2.75) is 263 Å². The highest BCUT2D eigenvalue weighted by Crippen LogP contribution is 2.42. The zero-order chi connectivity index (χ0) is 60.2. The fourth-order valence-corrected chi connectivity index (χ4v) is 64.7. The van der Waals surface area contributed by atoms with Gasteiger partial charge in [-0.1, -0.05) is 339 Å². The number of hydrogen-bond acceptors (Lipinski definition) is 0. The molecule has 1 atom stereocenters. The van der Waals surface area contributed by atoms with E-state index in [0.29, 0.717) is 5.92 Å². The van der Waals surface area contributed by atoms with Gasteiger partial charge in [-0.2, -0.15) is 0 Å². The minimum absolute atomic E-state index is 0.356. The number of hydrogen-bond donors (Lipinski definition) is 0. The predicted molar refractivity (Wildman–Crippen MR) is 400 cm³/mol. The van der Waals surface area contributed by atoms with Crippen molar-refractivity contribution < 1.29 is 0 Å². The van der Waals surface area contributed by atoms with E-state index >= 15 is 0 Å². The van der Waals surface area contributed by atoms with Crippen LogP contribution in [0.25, 0.3) is 0 Å². The van der Waals surface area contributed by atoms with Gasteiger partial charge in [-0.25, -0.2) is 0 Å². The van der Waals surface area contributed by atoms with Crippen molar-refractivity contribution in [1.29, 1.82) is 0 Å². The molecule has 0 saturated carbocycles. The first-order valence-corrected chi connectivity index (χ1v) is 74.1. The van der Waals surface area contributed by atoms with Crippen molar-refractivity contribution in [3.63, 3.8) is 0 Å². The van der Waals surface area contributed by atoms with Crippen molar-refractivity contribution in [1.82, 2.24) is 0 Å². The minimum Gasteiger partial charge on any atom is -0.0656 e. The molecule has 0 nitrogen and oxygen atoms in total. The van der Waals surface area contributed by atoms with Crippen LogP contribution in [0.4, 0.5) is 0 Å². The van der Waals surface area contributed by atoms with E-state index in [-0.39, 0.29) is 0 Å². The lowest BCUT2D eigenvalue weighted by atomic mass is 10.1.